The van der Waals surface area contributed by atoms with Crippen LogP contribution in [0.25, 0.3) is 5.69 Å². The molecule has 0 unspecified atom stereocenters. The smallest absolute Gasteiger partial charge is 0.174 e. The number of aryl methyl sites for hydroxylation is 1. The first kappa shape index (κ1) is 22.6. The monoisotopic (exact) mass is 532 g/mol. The van der Waals surface area contributed by atoms with Crippen molar-refractivity contribution in [2.24, 2.45) is 0 Å². The van der Waals surface area contributed by atoms with E-state index in [9.17, 15) is 0 Å². The molecule has 3 heterocycles. The van der Waals surface area contributed by atoms with Gasteiger partial charge in [-0.2, -0.15) is 0 Å². The number of aromatic nitrogens is 2. The fourth-order valence-electron chi connectivity index (χ4n) is 4.83. The summed E-state index contributed by atoms with van der Waals surface area (Å²) < 4.78 is 9.06. The van der Waals surface area contributed by atoms with Gasteiger partial charge in [0, 0.05) is 27.7 Å². The molecule has 0 bridgehead atoms. The van der Waals surface area contributed by atoms with Gasteiger partial charge in [0.2, 0.25) is 0 Å². The number of methoxy groups -OCH3 is 1. The van der Waals surface area contributed by atoms with E-state index in [4.69, 9.17) is 17.0 Å². The van der Waals surface area contributed by atoms with Gasteiger partial charge in [0.05, 0.1) is 30.6 Å². The largest absolute Gasteiger partial charge is 0.495 e. The van der Waals surface area contributed by atoms with Crippen molar-refractivity contribution in [3.05, 3.63) is 106 Å². The normalized spacial score (nSPS) is 17.6. The summed E-state index contributed by atoms with van der Waals surface area (Å²) in [6.45, 7) is 4.31. The van der Waals surface area contributed by atoms with Crippen molar-refractivity contribution in [2.75, 3.05) is 12.0 Å². The summed E-state index contributed by atoms with van der Waals surface area (Å²) in [5, 5.41) is 4.20. The number of rotatable bonds is 5. The van der Waals surface area contributed by atoms with Crippen molar-refractivity contribution in [1.29, 1.82) is 0 Å². The summed E-state index contributed by atoms with van der Waals surface area (Å²) >= 11 is 9.44. The molecule has 1 saturated heterocycles. The number of nitrogens with one attached hydrogen (secondary N) is 1. The molecule has 2 aromatic heterocycles. The SMILES string of the molecule is COc1ccccc1N1C(=S)N[C@@H](c2ccccn2)[C@@H]1c1cc(C)n(-c2ccc(Br)cc2)c1C. The maximum atomic E-state index is 5.89. The minimum Gasteiger partial charge on any atom is -0.495 e. The van der Waals surface area contributed by atoms with Crippen LogP contribution in [-0.2, 0) is 0 Å². The van der Waals surface area contributed by atoms with Crippen LogP contribution in [0.5, 0.6) is 5.75 Å². The highest BCUT2D eigenvalue weighted by atomic mass is 79.9. The van der Waals surface area contributed by atoms with Gasteiger partial charge in [0.15, 0.2) is 5.11 Å². The number of nitrogens with zero attached hydrogens (tertiary/aromatic N) is 3. The van der Waals surface area contributed by atoms with Crippen molar-refractivity contribution in [3.8, 4) is 11.4 Å². The van der Waals surface area contributed by atoms with Crippen LogP contribution in [0.3, 0.4) is 0 Å². The van der Waals surface area contributed by atoms with Gasteiger partial charge >= 0.3 is 0 Å². The molecule has 0 aliphatic carbocycles. The molecule has 0 radical (unpaired) electrons. The van der Waals surface area contributed by atoms with Crippen molar-refractivity contribution in [1.82, 2.24) is 14.9 Å². The predicted octanol–water partition coefficient (Wildman–Crippen LogP) is 6.44. The maximum Gasteiger partial charge on any atom is 0.174 e. The number of para-hydroxylation sites is 2. The Morgan fingerprint density at radius 1 is 1.00 bits per heavy atom. The van der Waals surface area contributed by atoms with E-state index in [-0.39, 0.29) is 12.1 Å². The lowest BCUT2D eigenvalue weighted by Gasteiger charge is -2.29. The minimum absolute atomic E-state index is 0.103. The Kier molecular flexibility index (Phi) is 6.15. The number of halogens is 1. The molecule has 1 aliphatic heterocycles. The third kappa shape index (κ3) is 3.89. The van der Waals surface area contributed by atoms with Crippen LogP contribution in [0.1, 0.15) is 34.7 Å². The fraction of sp³-hybridized carbons (Fsp3) is 0.185. The molecule has 0 saturated carbocycles. The summed E-state index contributed by atoms with van der Waals surface area (Å²) in [4.78, 5) is 6.84. The molecule has 2 atom stereocenters. The molecule has 1 fully saturated rings. The lowest BCUT2D eigenvalue weighted by atomic mass is 9.96. The number of hydrogen-bond acceptors (Lipinski definition) is 3. The van der Waals surface area contributed by atoms with E-state index in [1.54, 1.807) is 7.11 Å². The Morgan fingerprint density at radius 2 is 1.74 bits per heavy atom. The van der Waals surface area contributed by atoms with Gasteiger partial charge < -0.3 is 19.5 Å². The number of anilines is 1. The quantitative estimate of drug-likeness (QED) is 0.299. The molecule has 2 aromatic carbocycles. The van der Waals surface area contributed by atoms with Crippen LogP contribution >= 0.6 is 28.1 Å². The Bertz CT molecular complexity index is 1340. The Morgan fingerprint density at radius 3 is 2.44 bits per heavy atom. The highest BCUT2D eigenvalue weighted by Crippen LogP contribution is 2.46. The van der Waals surface area contributed by atoms with Gasteiger partial charge in [-0.1, -0.05) is 34.1 Å². The zero-order valence-corrected chi connectivity index (χ0v) is 21.6. The second-order valence-electron chi connectivity index (χ2n) is 8.31. The van der Waals surface area contributed by atoms with E-state index >= 15 is 0 Å². The van der Waals surface area contributed by atoms with E-state index < -0.39 is 0 Å². The van der Waals surface area contributed by atoms with Crippen LogP contribution in [-0.4, -0.2) is 21.8 Å². The molecular weight excluding hydrogens is 508 g/mol. The van der Waals surface area contributed by atoms with Gasteiger partial charge in [-0.15, -0.1) is 0 Å². The van der Waals surface area contributed by atoms with Gasteiger partial charge in [0.25, 0.3) is 0 Å². The molecule has 4 aromatic rings. The van der Waals surface area contributed by atoms with E-state index in [1.165, 1.54) is 5.56 Å². The summed E-state index contributed by atoms with van der Waals surface area (Å²) in [5.74, 6) is 0.778. The van der Waals surface area contributed by atoms with E-state index in [0.29, 0.717) is 5.11 Å². The number of ether oxygens (including phenoxy) is 1. The molecular formula is C27H25BrN4OS. The first-order valence-corrected chi connectivity index (χ1v) is 12.3. The standard InChI is InChI=1S/C27H25BrN4OS/c1-17-16-21(18(2)31(17)20-13-11-19(28)12-14-20)26-25(22-8-6-7-15-29-22)30-27(34)32(26)23-9-4-5-10-24(23)33-3/h4-16,25-26H,1-3H3,(H,30,34)/t25-,26-/m0/s1. The van der Waals surface area contributed by atoms with Crippen molar-refractivity contribution < 1.29 is 4.74 Å². The minimum atomic E-state index is -0.113. The van der Waals surface area contributed by atoms with Crippen LogP contribution < -0.4 is 15.0 Å². The molecule has 5 rings (SSSR count). The molecule has 7 heteroatoms. The Labute approximate surface area is 213 Å². The summed E-state index contributed by atoms with van der Waals surface area (Å²) in [5.41, 5.74) is 6.51. The zero-order valence-electron chi connectivity index (χ0n) is 19.2. The average molecular weight is 533 g/mol. The summed E-state index contributed by atoms with van der Waals surface area (Å²) in [6, 6.07) is 24.4. The lowest BCUT2D eigenvalue weighted by Crippen LogP contribution is -2.30. The van der Waals surface area contributed by atoms with Crippen molar-refractivity contribution >= 4 is 38.9 Å². The topological polar surface area (TPSA) is 42.3 Å². The second kappa shape index (κ2) is 9.24. The van der Waals surface area contributed by atoms with Gasteiger partial charge in [-0.05, 0) is 86.2 Å². The fourth-order valence-corrected chi connectivity index (χ4v) is 5.44. The first-order chi connectivity index (χ1) is 16.5. The Balaban J connectivity index is 1.70. The number of thiocarbonyl (C=S) groups is 1. The average Bonchev–Trinajstić information content (AvgIpc) is 3.35. The molecule has 172 valence electrons. The Hall–Kier alpha value is -3.16. The third-order valence-electron chi connectivity index (χ3n) is 6.32. The molecule has 1 aliphatic rings. The maximum absolute atomic E-state index is 5.89. The van der Waals surface area contributed by atoms with Crippen LogP contribution in [0.15, 0.2) is 83.5 Å². The highest BCUT2D eigenvalue weighted by molar-refractivity contribution is 9.10. The molecule has 5 nitrogen and oxygen atoms in total. The van der Waals surface area contributed by atoms with Crippen molar-refractivity contribution in [3.63, 3.8) is 0 Å². The first-order valence-electron chi connectivity index (χ1n) is 11.1. The van der Waals surface area contributed by atoms with Gasteiger partial charge in [-0.3, -0.25) is 4.98 Å². The number of hydrogen-bond donors (Lipinski definition) is 1. The van der Waals surface area contributed by atoms with Gasteiger partial charge in [0.1, 0.15) is 5.75 Å². The zero-order chi connectivity index (χ0) is 23.8. The summed E-state index contributed by atoms with van der Waals surface area (Å²) in [7, 11) is 1.69. The van der Waals surface area contributed by atoms with Crippen LogP contribution in [0.2, 0.25) is 0 Å². The van der Waals surface area contributed by atoms with Crippen LogP contribution in [0, 0.1) is 13.8 Å². The third-order valence-corrected chi connectivity index (χ3v) is 7.16. The second-order valence-corrected chi connectivity index (χ2v) is 9.61. The molecule has 1 N–H and O–H groups in total. The van der Waals surface area contributed by atoms with Crippen LogP contribution in [0.4, 0.5) is 5.69 Å². The van der Waals surface area contributed by atoms with Gasteiger partial charge in [-0.25, -0.2) is 0 Å². The predicted molar refractivity (Wildman–Crippen MR) is 144 cm³/mol. The lowest BCUT2D eigenvalue weighted by molar-refractivity contribution is 0.414. The van der Waals surface area contributed by atoms with Crippen molar-refractivity contribution in [2.45, 2.75) is 25.9 Å². The van der Waals surface area contributed by atoms with E-state index in [0.717, 1.165) is 38.7 Å². The van der Waals surface area contributed by atoms with E-state index in [1.807, 2.05) is 42.6 Å². The highest BCUT2D eigenvalue weighted by Gasteiger charge is 2.43. The van der Waals surface area contributed by atoms with E-state index in [2.05, 4.69) is 85.9 Å². The summed E-state index contributed by atoms with van der Waals surface area (Å²) in [6.07, 6.45) is 1.83. The molecule has 34 heavy (non-hydrogen) atoms. The number of benzene rings is 2. The molecule has 0 spiro atoms. The number of pyridine rings is 1. The molecule has 0 amide bonds.